The molecule has 0 N–H and O–H groups in total. The van der Waals surface area contributed by atoms with E-state index in [4.69, 9.17) is 32.7 Å². The molecule has 15 heteroatoms. The van der Waals surface area contributed by atoms with Gasteiger partial charge in [-0.2, -0.15) is 9.97 Å². The van der Waals surface area contributed by atoms with Crippen LogP contribution < -0.4 is 9.47 Å². The smallest absolute Gasteiger partial charge is 0.480 e. The molecule has 0 atom stereocenters. The third-order valence-electron chi connectivity index (χ3n) is 3.57. The SMILES string of the molecule is COc1nc(Oc2ccc(F)c(F)c2)nc(-c2ccc(Cl)cc2Cl)c1SOOOC(F)(F)F. The third kappa shape index (κ3) is 6.79. The minimum absolute atomic E-state index is 0.0401. The number of hydrogen-bond donors (Lipinski definition) is 0. The summed E-state index contributed by atoms with van der Waals surface area (Å²) in [6.45, 7) is 0. The highest BCUT2D eigenvalue weighted by atomic mass is 35.5. The number of benzene rings is 2. The largest absolute Gasteiger partial charge is 0.551 e. The van der Waals surface area contributed by atoms with Gasteiger partial charge in [0.1, 0.15) is 10.6 Å². The Kier molecular flexibility index (Phi) is 8.15. The van der Waals surface area contributed by atoms with Crippen molar-refractivity contribution in [3.05, 3.63) is 58.1 Å². The number of rotatable bonds is 8. The lowest BCUT2D eigenvalue weighted by molar-refractivity contribution is -0.570. The zero-order valence-electron chi connectivity index (χ0n) is 16.0. The van der Waals surface area contributed by atoms with Crippen molar-refractivity contribution in [3.8, 4) is 28.9 Å². The van der Waals surface area contributed by atoms with Gasteiger partial charge in [-0.15, -0.1) is 17.5 Å². The minimum atomic E-state index is -5.12. The van der Waals surface area contributed by atoms with Crippen LogP contribution in [0.15, 0.2) is 41.3 Å². The van der Waals surface area contributed by atoms with E-state index in [1.807, 2.05) is 0 Å². The van der Waals surface area contributed by atoms with Crippen molar-refractivity contribution in [2.24, 2.45) is 0 Å². The molecule has 0 unspecified atom stereocenters. The molecule has 1 heterocycles. The summed E-state index contributed by atoms with van der Waals surface area (Å²) in [7, 11) is 1.19. The Morgan fingerprint density at radius 2 is 1.73 bits per heavy atom. The summed E-state index contributed by atoms with van der Waals surface area (Å²) in [6, 6.07) is 6.61. The van der Waals surface area contributed by atoms with Gasteiger partial charge in [-0.1, -0.05) is 28.1 Å². The number of nitrogens with zero attached hydrogens (tertiary/aromatic N) is 2. The van der Waals surface area contributed by atoms with Gasteiger partial charge < -0.3 is 9.47 Å². The molecule has 176 valence electrons. The summed E-state index contributed by atoms with van der Waals surface area (Å²) < 4.78 is 77.8. The van der Waals surface area contributed by atoms with Crippen molar-refractivity contribution >= 4 is 35.2 Å². The van der Waals surface area contributed by atoms with E-state index in [-0.39, 0.29) is 49.9 Å². The lowest BCUT2D eigenvalue weighted by Gasteiger charge is -2.14. The van der Waals surface area contributed by atoms with Gasteiger partial charge in [0.05, 0.1) is 29.9 Å². The number of methoxy groups -OCH3 is 1. The summed E-state index contributed by atoms with van der Waals surface area (Å²) in [5.41, 5.74) is 0.182. The van der Waals surface area contributed by atoms with Crippen molar-refractivity contribution in [2.45, 2.75) is 11.3 Å². The van der Waals surface area contributed by atoms with Crippen molar-refractivity contribution in [3.63, 3.8) is 0 Å². The van der Waals surface area contributed by atoms with Gasteiger partial charge in [-0.05, 0) is 35.4 Å². The zero-order valence-corrected chi connectivity index (χ0v) is 18.3. The molecule has 0 amide bonds. The molecule has 0 radical (unpaired) electrons. The van der Waals surface area contributed by atoms with Crippen LogP contribution in [-0.2, 0) is 14.3 Å². The second kappa shape index (κ2) is 10.7. The normalized spacial score (nSPS) is 11.5. The van der Waals surface area contributed by atoms with Crippen molar-refractivity contribution in [1.82, 2.24) is 9.97 Å². The molecule has 3 rings (SSSR count). The first-order valence-corrected chi connectivity index (χ1v) is 9.87. The Morgan fingerprint density at radius 1 is 0.970 bits per heavy atom. The molecule has 0 aliphatic heterocycles. The number of aromatic nitrogens is 2. The molecule has 2 aromatic carbocycles. The molecule has 0 bridgehead atoms. The first-order chi connectivity index (χ1) is 15.6. The molecular formula is C18H9Cl2F5N2O5S. The molecule has 0 fully saturated rings. The Hall–Kier alpha value is -2.42. The third-order valence-corrected chi connectivity index (χ3v) is 4.77. The van der Waals surface area contributed by atoms with Gasteiger partial charge in [0, 0.05) is 16.7 Å². The maximum absolute atomic E-state index is 13.5. The fourth-order valence-corrected chi connectivity index (χ4v) is 3.34. The topological polar surface area (TPSA) is 71.9 Å². The van der Waals surface area contributed by atoms with E-state index < -0.39 is 24.0 Å². The average molecular weight is 531 g/mol. The van der Waals surface area contributed by atoms with E-state index in [1.165, 1.54) is 25.3 Å². The van der Waals surface area contributed by atoms with Crippen LogP contribution in [0.4, 0.5) is 22.0 Å². The number of halogens is 7. The summed E-state index contributed by atoms with van der Waals surface area (Å²) >= 11 is 12.4. The quantitative estimate of drug-likeness (QED) is 0.102. The van der Waals surface area contributed by atoms with Gasteiger partial charge >= 0.3 is 12.4 Å². The van der Waals surface area contributed by atoms with Crippen LogP contribution in [-0.4, -0.2) is 23.4 Å². The molecular weight excluding hydrogens is 522 g/mol. The van der Waals surface area contributed by atoms with Crippen LogP contribution in [0.1, 0.15) is 0 Å². The maximum Gasteiger partial charge on any atom is 0.551 e. The molecule has 0 aliphatic rings. The number of hydrogen-bond acceptors (Lipinski definition) is 8. The monoisotopic (exact) mass is 530 g/mol. The first kappa shape index (κ1) is 25.2. The average Bonchev–Trinajstić information content (AvgIpc) is 2.73. The fraction of sp³-hybridized carbons (Fsp3) is 0.111. The highest BCUT2D eigenvalue weighted by Gasteiger charge is 2.32. The second-order valence-electron chi connectivity index (χ2n) is 5.74. The Balaban J connectivity index is 2.02. The Bertz CT molecular complexity index is 1160. The summed E-state index contributed by atoms with van der Waals surface area (Å²) in [6.07, 6.45) is -5.12. The molecule has 0 spiro atoms. The predicted octanol–water partition coefficient (Wildman–Crippen LogP) is 6.94. The van der Waals surface area contributed by atoms with Crippen LogP contribution in [0.2, 0.25) is 10.0 Å². The zero-order chi connectivity index (χ0) is 24.2. The highest BCUT2D eigenvalue weighted by molar-refractivity contribution is 7.94. The standard InChI is InChI=1S/C18H9Cl2F5N2O5S/c1-28-16-15(33-32-31-30-18(23,24)25)14(10-4-2-8(19)6-11(10)20)26-17(27-16)29-9-3-5-12(21)13(22)7-9/h2-7H,1H3. The summed E-state index contributed by atoms with van der Waals surface area (Å²) in [5.74, 6) is -2.67. The molecule has 7 nitrogen and oxygen atoms in total. The van der Waals surface area contributed by atoms with E-state index in [2.05, 4.69) is 24.2 Å². The van der Waals surface area contributed by atoms with Gasteiger partial charge in [-0.3, -0.25) is 0 Å². The van der Waals surface area contributed by atoms with E-state index >= 15 is 0 Å². The van der Waals surface area contributed by atoms with Crippen molar-refractivity contribution < 1.29 is 45.7 Å². The van der Waals surface area contributed by atoms with Gasteiger partial charge in [-0.25, -0.2) is 8.78 Å². The fourth-order valence-electron chi connectivity index (χ4n) is 2.28. The van der Waals surface area contributed by atoms with Gasteiger partial charge in [0.2, 0.25) is 5.88 Å². The molecule has 33 heavy (non-hydrogen) atoms. The Labute approximate surface area is 196 Å². The molecule has 0 saturated heterocycles. The molecule has 3 aromatic rings. The van der Waals surface area contributed by atoms with Crippen LogP contribution in [0.3, 0.4) is 0 Å². The van der Waals surface area contributed by atoms with Gasteiger partial charge in [0.15, 0.2) is 11.6 Å². The minimum Gasteiger partial charge on any atom is -0.480 e. The van der Waals surface area contributed by atoms with Crippen LogP contribution in [0.25, 0.3) is 11.3 Å². The lowest BCUT2D eigenvalue weighted by atomic mass is 10.1. The van der Waals surface area contributed by atoms with E-state index in [0.717, 1.165) is 18.2 Å². The molecule has 0 saturated carbocycles. The van der Waals surface area contributed by atoms with E-state index in [9.17, 15) is 22.0 Å². The predicted molar refractivity (Wildman–Crippen MR) is 106 cm³/mol. The van der Waals surface area contributed by atoms with Crippen molar-refractivity contribution in [2.75, 3.05) is 7.11 Å². The summed E-state index contributed by atoms with van der Waals surface area (Å²) in [4.78, 5) is 11.1. The van der Waals surface area contributed by atoms with Crippen LogP contribution in [0, 0.1) is 11.6 Å². The van der Waals surface area contributed by atoms with Gasteiger partial charge in [0.25, 0.3) is 0 Å². The highest BCUT2D eigenvalue weighted by Crippen LogP contribution is 2.42. The Morgan fingerprint density at radius 3 is 2.36 bits per heavy atom. The molecule has 1 aromatic heterocycles. The van der Waals surface area contributed by atoms with E-state index in [1.54, 1.807) is 0 Å². The van der Waals surface area contributed by atoms with Crippen molar-refractivity contribution in [1.29, 1.82) is 0 Å². The van der Waals surface area contributed by atoms with Crippen LogP contribution in [0.5, 0.6) is 17.6 Å². The number of ether oxygens (including phenoxy) is 2. The lowest BCUT2D eigenvalue weighted by Crippen LogP contribution is -2.12. The van der Waals surface area contributed by atoms with Crippen LogP contribution >= 0.6 is 35.2 Å². The van der Waals surface area contributed by atoms with E-state index in [0.29, 0.717) is 0 Å². The maximum atomic E-state index is 13.5. The second-order valence-corrected chi connectivity index (χ2v) is 7.30. The number of alkyl halides is 3. The molecule has 0 aliphatic carbocycles. The summed E-state index contributed by atoms with van der Waals surface area (Å²) in [5, 5.41) is 4.04. The first-order valence-electron chi connectivity index (χ1n) is 8.37.